The maximum absolute atomic E-state index is 12.2. The van der Waals surface area contributed by atoms with Crippen LogP contribution in [0, 0.1) is 0 Å². The number of hydrogen-bond donors (Lipinski definition) is 1. The molecule has 0 bridgehead atoms. The molecule has 0 atom stereocenters. The fourth-order valence-corrected chi connectivity index (χ4v) is 5.40. The minimum Gasteiger partial charge on any atom is -0.447 e. The molecule has 0 saturated carbocycles. The highest BCUT2D eigenvalue weighted by molar-refractivity contribution is 7.18. The summed E-state index contributed by atoms with van der Waals surface area (Å²) in [5.41, 5.74) is 8.28. The molecule has 10 heteroatoms. The van der Waals surface area contributed by atoms with Crippen LogP contribution < -0.4 is 10.6 Å². The minimum absolute atomic E-state index is 0.123. The molecule has 2 N–H and O–H groups in total. The third-order valence-electron chi connectivity index (χ3n) is 5.82. The Balaban J connectivity index is 1.55. The lowest BCUT2D eigenvalue weighted by molar-refractivity contribution is 0.0692. The first-order valence-electron chi connectivity index (χ1n) is 10.8. The topological polar surface area (TPSA) is 102 Å². The van der Waals surface area contributed by atoms with Crippen LogP contribution in [-0.4, -0.2) is 59.2 Å². The first-order chi connectivity index (χ1) is 15.8. The fourth-order valence-electron chi connectivity index (χ4n) is 4.06. The van der Waals surface area contributed by atoms with Gasteiger partial charge < -0.3 is 20.3 Å². The molecule has 174 valence electrons. The van der Waals surface area contributed by atoms with Gasteiger partial charge in [-0.1, -0.05) is 17.7 Å². The van der Waals surface area contributed by atoms with Crippen LogP contribution in [0.3, 0.4) is 0 Å². The van der Waals surface area contributed by atoms with E-state index in [1.165, 1.54) is 0 Å². The summed E-state index contributed by atoms with van der Waals surface area (Å²) in [7, 11) is 2.03. The van der Waals surface area contributed by atoms with Gasteiger partial charge in [-0.3, -0.25) is 4.79 Å². The van der Waals surface area contributed by atoms with Gasteiger partial charge in [0.1, 0.15) is 12.1 Å². The Morgan fingerprint density at radius 2 is 2.00 bits per heavy atom. The van der Waals surface area contributed by atoms with Crippen LogP contribution in [0.4, 0.5) is 10.6 Å². The molecule has 1 fully saturated rings. The zero-order chi connectivity index (χ0) is 23.7. The summed E-state index contributed by atoms with van der Waals surface area (Å²) < 4.78 is 6.30. The van der Waals surface area contributed by atoms with E-state index >= 15 is 0 Å². The van der Waals surface area contributed by atoms with Crippen molar-refractivity contribution in [2.24, 2.45) is 5.73 Å². The number of aromatic nitrogens is 2. The van der Waals surface area contributed by atoms with Gasteiger partial charge in [-0.2, -0.15) is 0 Å². The van der Waals surface area contributed by atoms with Crippen LogP contribution in [-0.2, 0) is 4.74 Å². The normalized spacial score (nSPS) is 14.6. The third kappa shape index (κ3) is 4.74. The molecule has 1 aromatic carbocycles. The van der Waals surface area contributed by atoms with E-state index in [2.05, 4.69) is 14.9 Å². The van der Waals surface area contributed by atoms with E-state index < -0.39 is 5.91 Å². The highest BCUT2D eigenvalue weighted by Crippen LogP contribution is 2.38. The van der Waals surface area contributed by atoms with Crippen molar-refractivity contribution in [1.82, 2.24) is 14.9 Å². The van der Waals surface area contributed by atoms with Crippen molar-refractivity contribution in [2.45, 2.75) is 38.8 Å². The molecule has 0 spiro atoms. The van der Waals surface area contributed by atoms with Crippen molar-refractivity contribution < 1.29 is 14.3 Å². The van der Waals surface area contributed by atoms with E-state index in [1.807, 2.05) is 32.3 Å². The summed E-state index contributed by atoms with van der Waals surface area (Å²) in [6, 6.07) is 5.45. The van der Waals surface area contributed by atoms with Crippen LogP contribution in [0.15, 0.2) is 29.9 Å². The van der Waals surface area contributed by atoms with Gasteiger partial charge in [0.15, 0.2) is 0 Å². The maximum atomic E-state index is 12.2. The molecular weight excluding hydrogens is 462 g/mol. The molecule has 3 aromatic rings. The van der Waals surface area contributed by atoms with E-state index in [0.29, 0.717) is 23.7 Å². The molecule has 8 nitrogen and oxygen atoms in total. The molecule has 2 amide bonds. The second kappa shape index (κ2) is 9.52. The van der Waals surface area contributed by atoms with E-state index in [4.69, 9.17) is 22.1 Å². The van der Waals surface area contributed by atoms with Crippen LogP contribution in [0.2, 0.25) is 5.02 Å². The molecule has 2 aromatic heterocycles. The Bertz CT molecular complexity index is 1190. The molecular formula is C23H26ClN5O3S. The zero-order valence-corrected chi connectivity index (χ0v) is 20.3. The number of nitrogens with zero attached hydrogens (tertiary/aromatic N) is 4. The average molecular weight is 488 g/mol. The number of benzene rings is 1. The number of anilines is 1. The molecule has 1 saturated heterocycles. The van der Waals surface area contributed by atoms with Crippen molar-refractivity contribution in [3.05, 3.63) is 40.5 Å². The molecule has 0 unspecified atom stereocenters. The van der Waals surface area contributed by atoms with Crippen LogP contribution in [0.1, 0.15) is 37.0 Å². The smallest absolute Gasteiger partial charge is 0.410 e. The Hall–Kier alpha value is -2.91. The second-order valence-electron chi connectivity index (χ2n) is 8.34. The summed E-state index contributed by atoms with van der Waals surface area (Å²) >= 11 is 7.83. The lowest BCUT2D eigenvalue weighted by Crippen LogP contribution is -2.46. The number of piperidine rings is 1. The number of amides is 2. The molecule has 0 aliphatic carbocycles. The van der Waals surface area contributed by atoms with Crippen LogP contribution in [0.25, 0.3) is 21.3 Å². The molecule has 1 aliphatic heterocycles. The average Bonchev–Trinajstić information content (AvgIpc) is 3.22. The number of hydrogen-bond acceptors (Lipinski definition) is 7. The highest BCUT2D eigenvalue weighted by Gasteiger charge is 2.28. The number of halogens is 1. The zero-order valence-electron chi connectivity index (χ0n) is 18.7. The van der Waals surface area contributed by atoms with Crippen molar-refractivity contribution in [3.63, 3.8) is 0 Å². The molecule has 0 radical (unpaired) electrons. The van der Waals surface area contributed by atoms with Gasteiger partial charge in [-0.05, 0) is 44.4 Å². The van der Waals surface area contributed by atoms with Gasteiger partial charge >= 0.3 is 6.09 Å². The van der Waals surface area contributed by atoms with Gasteiger partial charge in [0.05, 0.1) is 26.9 Å². The van der Waals surface area contributed by atoms with Gasteiger partial charge in [-0.15, -0.1) is 11.3 Å². The Morgan fingerprint density at radius 1 is 1.27 bits per heavy atom. The van der Waals surface area contributed by atoms with Crippen LogP contribution >= 0.6 is 22.9 Å². The first-order valence-corrected chi connectivity index (χ1v) is 12.0. The summed E-state index contributed by atoms with van der Waals surface area (Å²) in [5.74, 6) is 0.302. The number of primary amides is 1. The number of fused-ring (bicyclic) bond motifs is 1. The SMILES string of the molecule is CC(C)OC(=O)N1CCC(N(C)c2ncnc3c(-c4ccc(C(N)=O)c(Cl)c4)csc23)CC1. The number of ether oxygens (including phenoxy) is 1. The standard InChI is InChI=1S/C23H26ClN5O3S/c1-13(2)32-23(31)29-8-6-15(7-9-29)28(3)22-20-19(26-12-27-22)17(11-33-20)14-4-5-16(21(25)30)18(24)10-14/h4-5,10-13,15H,6-9H2,1-3H3,(H2,25,30). The van der Waals surface area contributed by atoms with Gasteiger partial charge in [0.2, 0.25) is 5.91 Å². The Labute approximate surface area is 201 Å². The number of nitrogens with two attached hydrogens (primary N) is 1. The number of likely N-dealkylation sites (tertiary alicyclic amines) is 1. The predicted octanol–water partition coefficient (Wildman–Crippen LogP) is 4.56. The third-order valence-corrected chi connectivity index (χ3v) is 7.10. The minimum atomic E-state index is -0.559. The molecule has 4 rings (SSSR count). The highest BCUT2D eigenvalue weighted by atomic mass is 35.5. The Kier molecular flexibility index (Phi) is 6.71. The second-order valence-corrected chi connectivity index (χ2v) is 9.63. The fraction of sp³-hybridized carbons (Fsp3) is 0.391. The number of thiophene rings is 1. The summed E-state index contributed by atoms with van der Waals surface area (Å²) in [6.45, 7) is 5.01. The maximum Gasteiger partial charge on any atom is 0.410 e. The van der Waals surface area contributed by atoms with E-state index in [0.717, 1.165) is 40.0 Å². The summed E-state index contributed by atoms with van der Waals surface area (Å²) in [6.07, 6.45) is 2.86. The number of carbonyl (C=O) groups is 2. The first kappa shape index (κ1) is 23.3. The summed E-state index contributed by atoms with van der Waals surface area (Å²) in [5, 5.41) is 2.34. The van der Waals surface area contributed by atoms with Crippen LogP contribution in [0.5, 0.6) is 0 Å². The molecule has 1 aliphatic rings. The number of carbonyl (C=O) groups excluding carboxylic acids is 2. The summed E-state index contributed by atoms with van der Waals surface area (Å²) in [4.78, 5) is 36.7. The molecule has 3 heterocycles. The quantitative estimate of drug-likeness (QED) is 0.566. The van der Waals surface area contributed by atoms with E-state index in [1.54, 1.807) is 34.7 Å². The lowest BCUT2D eigenvalue weighted by Gasteiger charge is -2.37. The van der Waals surface area contributed by atoms with Gasteiger partial charge in [-0.25, -0.2) is 14.8 Å². The predicted molar refractivity (Wildman–Crippen MR) is 131 cm³/mol. The monoisotopic (exact) mass is 487 g/mol. The largest absolute Gasteiger partial charge is 0.447 e. The van der Waals surface area contributed by atoms with Crippen molar-refractivity contribution in [1.29, 1.82) is 0 Å². The van der Waals surface area contributed by atoms with Crippen molar-refractivity contribution in [3.8, 4) is 11.1 Å². The van der Waals surface area contributed by atoms with Crippen molar-refractivity contribution in [2.75, 3.05) is 25.0 Å². The van der Waals surface area contributed by atoms with Crippen molar-refractivity contribution >= 4 is 51.0 Å². The Morgan fingerprint density at radius 3 is 2.64 bits per heavy atom. The lowest BCUT2D eigenvalue weighted by atomic mass is 10.0. The number of rotatable bonds is 5. The molecule has 33 heavy (non-hydrogen) atoms. The van der Waals surface area contributed by atoms with Gasteiger partial charge in [0.25, 0.3) is 0 Å². The van der Waals surface area contributed by atoms with E-state index in [-0.39, 0.29) is 18.2 Å². The van der Waals surface area contributed by atoms with Gasteiger partial charge in [0, 0.05) is 37.1 Å². The van der Waals surface area contributed by atoms with E-state index in [9.17, 15) is 9.59 Å².